The summed E-state index contributed by atoms with van der Waals surface area (Å²) >= 11 is 1.96. The monoisotopic (exact) mass is 489 g/mol. The molecule has 0 saturated heterocycles. The van der Waals surface area contributed by atoms with Crippen molar-refractivity contribution in [3.8, 4) is 0 Å². The van der Waals surface area contributed by atoms with Gasteiger partial charge in [0.1, 0.15) is 23.6 Å². The van der Waals surface area contributed by atoms with E-state index in [0.29, 0.717) is 22.8 Å². The van der Waals surface area contributed by atoms with Gasteiger partial charge in [-0.25, -0.2) is 13.6 Å². The van der Waals surface area contributed by atoms with E-state index in [1.54, 1.807) is 6.07 Å². The quantitative estimate of drug-likeness (QED) is 0.451. The summed E-state index contributed by atoms with van der Waals surface area (Å²) in [4.78, 5) is 16.3. The Morgan fingerprint density at radius 1 is 1.26 bits per heavy atom. The van der Waals surface area contributed by atoms with Crippen LogP contribution in [0.1, 0.15) is 29.6 Å². The van der Waals surface area contributed by atoms with E-state index in [9.17, 15) is 18.7 Å². The minimum atomic E-state index is -1.02. The molecule has 1 saturated carbocycles. The number of carbonyl (C=O) groups is 1. The number of halogens is 3. The molecule has 1 aliphatic carbocycles. The molecule has 0 bridgehead atoms. The van der Waals surface area contributed by atoms with E-state index >= 15 is 0 Å². The van der Waals surface area contributed by atoms with Gasteiger partial charge in [0.05, 0.1) is 23.8 Å². The SMILES string of the molecule is NC1CCC[C@H](OC(=O)c2c(F)cncc2Nc2ccc(I)cc2F)[C@@H]1O. The predicted molar refractivity (Wildman–Crippen MR) is 104 cm³/mol. The highest BCUT2D eigenvalue weighted by Gasteiger charge is 2.33. The first kappa shape index (κ1) is 19.9. The van der Waals surface area contributed by atoms with E-state index in [0.717, 1.165) is 6.20 Å². The predicted octanol–water partition coefficient (Wildman–Crippen LogP) is 3.11. The molecule has 144 valence electrons. The zero-order valence-corrected chi connectivity index (χ0v) is 16.3. The molecular formula is C18H18F2IN3O3. The molecule has 0 spiro atoms. The molecule has 3 rings (SSSR count). The molecule has 2 aromatic rings. The molecule has 0 amide bonds. The number of hydrogen-bond donors (Lipinski definition) is 3. The third-order valence-corrected chi connectivity index (χ3v) is 5.08. The average molecular weight is 489 g/mol. The first-order valence-corrected chi connectivity index (χ1v) is 9.45. The van der Waals surface area contributed by atoms with Crippen LogP contribution in [0.15, 0.2) is 30.6 Å². The van der Waals surface area contributed by atoms with Crippen molar-refractivity contribution in [2.45, 2.75) is 37.5 Å². The molecule has 4 N–H and O–H groups in total. The zero-order chi connectivity index (χ0) is 19.6. The van der Waals surface area contributed by atoms with Gasteiger partial charge in [0.15, 0.2) is 5.82 Å². The minimum Gasteiger partial charge on any atom is -0.456 e. The van der Waals surface area contributed by atoms with E-state index in [4.69, 9.17) is 10.5 Å². The number of esters is 1. The number of nitrogens with zero attached hydrogens (tertiary/aromatic N) is 1. The second kappa shape index (κ2) is 8.44. The van der Waals surface area contributed by atoms with Gasteiger partial charge in [0.2, 0.25) is 0 Å². The highest BCUT2D eigenvalue weighted by molar-refractivity contribution is 14.1. The first-order chi connectivity index (χ1) is 12.9. The zero-order valence-electron chi connectivity index (χ0n) is 14.2. The number of anilines is 2. The van der Waals surface area contributed by atoms with Crippen LogP contribution in [0.5, 0.6) is 0 Å². The molecule has 0 radical (unpaired) electrons. The third-order valence-electron chi connectivity index (χ3n) is 4.41. The fourth-order valence-electron chi connectivity index (χ4n) is 2.97. The number of aliphatic hydroxyl groups is 1. The van der Waals surface area contributed by atoms with Crippen molar-refractivity contribution in [2.75, 3.05) is 5.32 Å². The number of benzene rings is 1. The Morgan fingerprint density at radius 2 is 2.04 bits per heavy atom. The van der Waals surface area contributed by atoms with Crippen LogP contribution in [0.3, 0.4) is 0 Å². The molecule has 1 unspecified atom stereocenters. The van der Waals surface area contributed by atoms with E-state index < -0.39 is 41.4 Å². The molecule has 1 aliphatic rings. The number of carbonyl (C=O) groups excluding carboxylic acids is 1. The Hall–Kier alpha value is -1.85. The summed E-state index contributed by atoms with van der Waals surface area (Å²) in [7, 11) is 0. The summed E-state index contributed by atoms with van der Waals surface area (Å²) in [5.74, 6) is -2.44. The average Bonchev–Trinajstić information content (AvgIpc) is 2.61. The van der Waals surface area contributed by atoms with Gasteiger partial charge < -0.3 is 20.9 Å². The molecule has 0 aliphatic heterocycles. The lowest BCUT2D eigenvalue weighted by molar-refractivity contribution is -0.0439. The number of nitrogens with one attached hydrogen (secondary N) is 1. The van der Waals surface area contributed by atoms with Crippen molar-refractivity contribution in [3.05, 3.63) is 51.4 Å². The summed E-state index contributed by atoms with van der Waals surface area (Å²) < 4.78 is 34.4. The molecule has 1 heterocycles. The second-order valence-corrected chi connectivity index (χ2v) is 7.57. The van der Waals surface area contributed by atoms with Crippen molar-refractivity contribution in [3.63, 3.8) is 0 Å². The fourth-order valence-corrected chi connectivity index (χ4v) is 3.42. The van der Waals surface area contributed by atoms with Gasteiger partial charge in [-0.1, -0.05) is 0 Å². The Balaban J connectivity index is 1.85. The summed E-state index contributed by atoms with van der Waals surface area (Å²) in [5.41, 5.74) is 5.42. The first-order valence-electron chi connectivity index (χ1n) is 8.37. The highest BCUT2D eigenvalue weighted by Crippen LogP contribution is 2.28. The molecule has 6 nitrogen and oxygen atoms in total. The summed E-state index contributed by atoms with van der Waals surface area (Å²) in [5, 5.41) is 12.8. The smallest absolute Gasteiger partial charge is 0.343 e. The Labute approximate surface area is 168 Å². The van der Waals surface area contributed by atoms with Crippen LogP contribution in [-0.4, -0.2) is 34.3 Å². The van der Waals surface area contributed by atoms with Gasteiger partial charge >= 0.3 is 5.97 Å². The lowest BCUT2D eigenvalue weighted by Crippen LogP contribution is -2.48. The van der Waals surface area contributed by atoms with Gasteiger partial charge in [0, 0.05) is 9.61 Å². The lowest BCUT2D eigenvalue weighted by Gasteiger charge is -2.32. The molecule has 1 fully saturated rings. The van der Waals surface area contributed by atoms with Crippen LogP contribution in [0.2, 0.25) is 0 Å². The summed E-state index contributed by atoms with van der Waals surface area (Å²) in [6.07, 6.45) is 1.98. The van der Waals surface area contributed by atoms with Gasteiger partial charge in [-0.05, 0) is 60.1 Å². The number of hydrogen-bond acceptors (Lipinski definition) is 6. The lowest BCUT2D eigenvalue weighted by atomic mass is 9.90. The normalized spacial score (nSPS) is 22.3. The molecule has 1 aromatic heterocycles. The van der Waals surface area contributed by atoms with Crippen LogP contribution >= 0.6 is 22.6 Å². The highest BCUT2D eigenvalue weighted by atomic mass is 127. The van der Waals surface area contributed by atoms with Gasteiger partial charge in [-0.15, -0.1) is 0 Å². The van der Waals surface area contributed by atoms with Gasteiger partial charge in [0.25, 0.3) is 0 Å². The standard InChI is InChI=1S/C18H18F2IN3O3/c19-10-6-9(21)4-5-13(10)24-14-8-23-7-11(20)16(14)18(26)27-15-3-1-2-12(22)17(15)25/h4-8,12,15,17,24-25H,1-3,22H2/t12?,15-,17+/m0/s1. The molecule has 27 heavy (non-hydrogen) atoms. The number of aliphatic hydroxyl groups excluding tert-OH is 1. The van der Waals surface area contributed by atoms with Crippen LogP contribution in [0, 0.1) is 15.2 Å². The Morgan fingerprint density at radius 3 is 2.78 bits per heavy atom. The molecule has 3 atom stereocenters. The molecule has 1 aromatic carbocycles. The molecular weight excluding hydrogens is 471 g/mol. The van der Waals surface area contributed by atoms with E-state index in [-0.39, 0.29) is 11.4 Å². The fraction of sp³-hybridized carbons (Fsp3) is 0.333. The van der Waals surface area contributed by atoms with Gasteiger partial charge in [-0.2, -0.15) is 0 Å². The van der Waals surface area contributed by atoms with Crippen LogP contribution in [0.25, 0.3) is 0 Å². The van der Waals surface area contributed by atoms with E-state index in [1.807, 2.05) is 22.6 Å². The van der Waals surface area contributed by atoms with E-state index in [2.05, 4.69) is 10.3 Å². The minimum absolute atomic E-state index is 0.0327. The maximum absolute atomic E-state index is 14.3. The van der Waals surface area contributed by atoms with Crippen molar-refractivity contribution in [2.24, 2.45) is 5.73 Å². The number of rotatable bonds is 4. The maximum Gasteiger partial charge on any atom is 0.343 e. The van der Waals surface area contributed by atoms with Crippen LogP contribution < -0.4 is 11.1 Å². The Kier molecular flexibility index (Phi) is 6.22. The Bertz CT molecular complexity index is 853. The topological polar surface area (TPSA) is 97.5 Å². The van der Waals surface area contributed by atoms with Crippen molar-refractivity contribution >= 4 is 39.9 Å². The maximum atomic E-state index is 14.3. The molecule has 9 heteroatoms. The van der Waals surface area contributed by atoms with Crippen LogP contribution in [-0.2, 0) is 4.74 Å². The van der Waals surface area contributed by atoms with Gasteiger partial charge in [-0.3, -0.25) is 4.98 Å². The van der Waals surface area contributed by atoms with Crippen molar-refractivity contribution in [1.82, 2.24) is 4.98 Å². The summed E-state index contributed by atoms with van der Waals surface area (Å²) in [6, 6.07) is 3.93. The number of ether oxygens (including phenoxy) is 1. The van der Waals surface area contributed by atoms with Crippen LogP contribution in [0.4, 0.5) is 20.2 Å². The largest absolute Gasteiger partial charge is 0.456 e. The van der Waals surface area contributed by atoms with Crippen molar-refractivity contribution < 1.29 is 23.4 Å². The number of nitrogens with two attached hydrogens (primary N) is 1. The second-order valence-electron chi connectivity index (χ2n) is 6.32. The number of aromatic nitrogens is 1. The third kappa shape index (κ3) is 4.53. The van der Waals surface area contributed by atoms with Crippen molar-refractivity contribution in [1.29, 1.82) is 0 Å². The van der Waals surface area contributed by atoms with E-state index in [1.165, 1.54) is 18.3 Å². The summed E-state index contributed by atoms with van der Waals surface area (Å²) in [6.45, 7) is 0. The number of pyridine rings is 1.